The molecule has 0 spiro atoms. The van der Waals surface area contributed by atoms with Gasteiger partial charge in [0.05, 0.1) is 6.04 Å². The Hall–Kier alpha value is -7.08. The maximum absolute atomic E-state index is 14.6. The summed E-state index contributed by atoms with van der Waals surface area (Å²) in [5, 5.41) is 62.1. The second-order valence-electron chi connectivity index (χ2n) is 23.0. The first-order chi connectivity index (χ1) is 39.4. The molecule has 0 rings (SSSR count). The molecule has 9 atom stereocenters. The van der Waals surface area contributed by atoms with Gasteiger partial charge in [0.1, 0.15) is 48.3 Å². The van der Waals surface area contributed by atoms with E-state index in [-0.39, 0.29) is 145 Å². The maximum atomic E-state index is 14.6. The number of nitrogens with two attached hydrogens (primary N) is 6. The highest BCUT2D eigenvalue weighted by atomic mass is 16.4. The highest BCUT2D eigenvalue weighted by molar-refractivity contribution is 5.98. The van der Waals surface area contributed by atoms with Gasteiger partial charge in [-0.1, -0.05) is 55.4 Å². The van der Waals surface area contributed by atoms with Crippen molar-refractivity contribution in [3.8, 4) is 0 Å². The zero-order valence-electron chi connectivity index (χ0n) is 50.9. The molecule has 0 saturated heterocycles. The van der Waals surface area contributed by atoms with Gasteiger partial charge in [-0.3, -0.25) is 54.6 Å². The molecule has 0 aliphatic carbocycles. The zero-order valence-corrected chi connectivity index (χ0v) is 50.9. The molecule has 84 heavy (non-hydrogen) atoms. The number of rotatable bonds is 45. The van der Waals surface area contributed by atoms with Crippen molar-refractivity contribution in [1.29, 1.82) is 16.2 Å². The van der Waals surface area contributed by atoms with E-state index in [4.69, 9.17) is 50.6 Å². The summed E-state index contributed by atoms with van der Waals surface area (Å²) in [5.41, 5.74) is 34.2. The highest BCUT2D eigenvalue weighted by Gasteiger charge is 2.35. The quantitative estimate of drug-likeness (QED) is 0.0170. The lowest BCUT2D eigenvalue weighted by Gasteiger charge is -2.29. The van der Waals surface area contributed by atoms with E-state index in [0.29, 0.717) is 32.1 Å². The van der Waals surface area contributed by atoms with Crippen LogP contribution in [0.4, 0.5) is 0 Å². The number of aliphatic carboxylic acids is 1. The third kappa shape index (κ3) is 35.1. The summed E-state index contributed by atoms with van der Waals surface area (Å²) >= 11 is 0. The Morgan fingerprint density at radius 3 is 0.821 bits per heavy atom. The number of amides is 8. The lowest BCUT2D eigenvalue weighted by Crippen LogP contribution is -2.60. The van der Waals surface area contributed by atoms with Crippen LogP contribution in [0.25, 0.3) is 0 Å². The second-order valence-corrected chi connectivity index (χ2v) is 23.0. The molecular formula is C54H106N20O10. The van der Waals surface area contributed by atoms with Crippen molar-refractivity contribution < 1.29 is 48.3 Å². The van der Waals surface area contributed by atoms with Crippen molar-refractivity contribution in [2.75, 3.05) is 32.7 Å². The summed E-state index contributed by atoms with van der Waals surface area (Å²) in [5.74, 6) is -8.56. The predicted octanol–water partition coefficient (Wildman–Crippen LogP) is -2.49. The van der Waals surface area contributed by atoms with Crippen molar-refractivity contribution in [2.45, 2.75) is 212 Å². The summed E-state index contributed by atoms with van der Waals surface area (Å²) < 4.78 is 0. The molecule has 0 aromatic rings. The smallest absolute Gasteiger partial charge is 0.326 e. The Morgan fingerprint density at radius 1 is 0.345 bits per heavy atom. The molecule has 0 saturated carbocycles. The van der Waals surface area contributed by atoms with Crippen molar-refractivity contribution in [1.82, 2.24) is 58.5 Å². The van der Waals surface area contributed by atoms with Gasteiger partial charge in [0.2, 0.25) is 47.3 Å². The van der Waals surface area contributed by atoms with Crippen molar-refractivity contribution in [2.24, 2.45) is 58.1 Å². The number of hydrogen-bond donors (Lipinski definition) is 21. The van der Waals surface area contributed by atoms with Gasteiger partial charge in [-0.2, -0.15) is 0 Å². The first-order valence-corrected chi connectivity index (χ1v) is 29.5. The Bertz CT molecular complexity index is 2100. The predicted molar refractivity (Wildman–Crippen MR) is 322 cm³/mol. The van der Waals surface area contributed by atoms with E-state index in [1.54, 1.807) is 13.8 Å². The molecule has 0 unspecified atom stereocenters. The van der Waals surface area contributed by atoms with Crippen molar-refractivity contribution in [3.05, 3.63) is 0 Å². The van der Waals surface area contributed by atoms with Crippen LogP contribution >= 0.6 is 0 Å². The van der Waals surface area contributed by atoms with E-state index in [1.807, 2.05) is 41.5 Å². The van der Waals surface area contributed by atoms with Gasteiger partial charge in [0, 0.05) is 19.6 Å². The zero-order chi connectivity index (χ0) is 64.1. The lowest BCUT2D eigenvalue weighted by molar-refractivity contribution is -0.143. The molecule has 0 aliphatic heterocycles. The molecule has 27 N–H and O–H groups in total. The minimum Gasteiger partial charge on any atom is -0.480 e. The van der Waals surface area contributed by atoms with Crippen molar-refractivity contribution >= 4 is 71.1 Å². The lowest BCUT2D eigenvalue weighted by atomic mass is 9.99. The molecule has 30 nitrogen and oxygen atoms in total. The number of carboxylic acid groups (broad SMARTS) is 1. The number of carbonyl (C=O) groups excluding carboxylic acids is 8. The monoisotopic (exact) mass is 1190 g/mol. The Morgan fingerprint density at radius 2 is 0.571 bits per heavy atom. The number of nitrogens with one attached hydrogen (secondary N) is 14. The summed E-state index contributed by atoms with van der Waals surface area (Å²) in [6.45, 7) is 15.6. The molecule has 0 heterocycles. The molecule has 0 fully saturated rings. The molecule has 0 bridgehead atoms. The largest absolute Gasteiger partial charge is 0.480 e. The SMILES string of the molecule is CC(C)C[C@H](NC(=O)[C@H](CC(C)C)NC(=O)[C@H](CCCNC(=N)N)NC(=O)[C@H](CCCCN)NC(=O)[C@H](CCCNC(=N)N)NC(=O)[C@H](CC(C)C)NC(=O)[C@H](CCCCN)NC(=O)[C@H](CCCNC(=N)N)NC(=O)[C@@H](N)CC(C)C)C(=O)O. The normalized spacial score (nSPS) is 14.5. The summed E-state index contributed by atoms with van der Waals surface area (Å²) in [7, 11) is 0. The van der Waals surface area contributed by atoms with Gasteiger partial charge in [-0.25, -0.2) is 4.79 Å². The Kier molecular flexibility index (Phi) is 39.1. The third-order valence-electron chi connectivity index (χ3n) is 13.1. The van der Waals surface area contributed by atoms with Gasteiger partial charge in [0.25, 0.3) is 0 Å². The summed E-state index contributed by atoms with van der Waals surface area (Å²) in [4.78, 5) is 125. The van der Waals surface area contributed by atoms with Crippen LogP contribution in [-0.4, -0.2) is 163 Å². The van der Waals surface area contributed by atoms with Crippen LogP contribution in [0.15, 0.2) is 0 Å². The van der Waals surface area contributed by atoms with E-state index in [9.17, 15) is 48.3 Å². The van der Waals surface area contributed by atoms with Gasteiger partial charge in [-0.05, 0) is 139 Å². The first kappa shape index (κ1) is 76.9. The fourth-order valence-corrected chi connectivity index (χ4v) is 8.82. The fourth-order valence-electron chi connectivity index (χ4n) is 8.82. The molecule has 0 aromatic carbocycles. The minimum absolute atomic E-state index is 0.0141. The van der Waals surface area contributed by atoms with Crippen LogP contribution < -0.4 is 92.9 Å². The van der Waals surface area contributed by atoms with Crippen LogP contribution in [0.2, 0.25) is 0 Å². The molecule has 0 aromatic heterocycles. The molecule has 0 radical (unpaired) electrons. The third-order valence-corrected chi connectivity index (χ3v) is 13.1. The average Bonchev–Trinajstić information content (AvgIpc) is 3.41. The van der Waals surface area contributed by atoms with E-state index in [2.05, 4.69) is 58.5 Å². The van der Waals surface area contributed by atoms with E-state index in [1.165, 1.54) is 0 Å². The van der Waals surface area contributed by atoms with Crippen LogP contribution in [0.3, 0.4) is 0 Å². The van der Waals surface area contributed by atoms with E-state index in [0.717, 1.165) is 0 Å². The minimum atomic E-state index is -1.37. The van der Waals surface area contributed by atoms with Gasteiger partial charge < -0.3 is 98.0 Å². The molecule has 30 heteroatoms. The Labute approximate surface area is 495 Å². The van der Waals surface area contributed by atoms with Crippen LogP contribution in [0.1, 0.15) is 158 Å². The second kappa shape index (κ2) is 42.7. The van der Waals surface area contributed by atoms with Gasteiger partial charge in [0.15, 0.2) is 17.9 Å². The van der Waals surface area contributed by atoms with Gasteiger partial charge in [-0.15, -0.1) is 0 Å². The van der Waals surface area contributed by atoms with Crippen molar-refractivity contribution in [3.63, 3.8) is 0 Å². The Balaban J connectivity index is 7.16. The van der Waals surface area contributed by atoms with E-state index < -0.39 is 108 Å². The molecule has 8 amide bonds. The fraction of sp³-hybridized carbons (Fsp3) is 0.778. The van der Waals surface area contributed by atoms with Gasteiger partial charge >= 0.3 is 5.97 Å². The summed E-state index contributed by atoms with van der Waals surface area (Å²) in [6.07, 6.45) is 2.95. The summed E-state index contributed by atoms with van der Waals surface area (Å²) in [6, 6.07) is -11.1. The maximum Gasteiger partial charge on any atom is 0.326 e. The number of unbranched alkanes of at least 4 members (excludes halogenated alkanes) is 2. The van der Waals surface area contributed by atoms with E-state index >= 15 is 0 Å². The number of hydrogen-bond acceptors (Lipinski definition) is 15. The topological polar surface area (TPSA) is 534 Å². The standard InChI is InChI=1S/C54H106N20O10/c1-30(2)26-34(57)43(75)67-37(18-13-23-64-52(58)59)45(77)69-36(17-10-12-22-56)47(79)72-40(27-31(3)4)49(81)71-38(19-14-24-65-53(60)61)46(78)68-35(16-9-11-21-55)44(76)70-39(20-15-25-66-54(62)63)48(80)73-41(28-32(5)6)50(82)74-42(51(83)84)29-33(7)8/h30-42H,9-29,55-57H2,1-8H3,(H,67,75)(H,68,78)(H,69,77)(H,70,76)(H,71,81)(H,72,79)(H,73,80)(H,74,82)(H,83,84)(H4,58,59,64)(H4,60,61,65)(H4,62,63,66)/t34-,35-,36-,37-,38-,39-,40-,41-,42-/m0/s1. The average molecular weight is 1200 g/mol. The van der Waals surface area contributed by atoms with Crippen LogP contribution in [0.5, 0.6) is 0 Å². The molecule has 482 valence electrons. The number of carboxylic acids is 1. The molecule has 0 aliphatic rings. The van der Waals surface area contributed by atoms with Crippen LogP contribution in [-0.2, 0) is 43.2 Å². The number of guanidine groups is 3. The highest BCUT2D eigenvalue weighted by Crippen LogP contribution is 2.14. The van der Waals surface area contributed by atoms with Crippen LogP contribution in [0, 0.1) is 39.9 Å². The first-order valence-electron chi connectivity index (χ1n) is 29.5. The number of carbonyl (C=O) groups is 9. The molecular weight excluding hydrogens is 1090 g/mol.